The molecule has 0 radical (unpaired) electrons. The van der Waals surface area contributed by atoms with Gasteiger partial charge in [0.1, 0.15) is 5.82 Å². The third-order valence-electron chi connectivity index (χ3n) is 3.34. The zero-order valence-electron chi connectivity index (χ0n) is 10.1. The third kappa shape index (κ3) is 2.19. The fourth-order valence-corrected chi connectivity index (χ4v) is 2.39. The molecule has 0 aliphatic carbocycles. The molecule has 0 aromatic carbocycles. The number of nitrogens with zero attached hydrogens (tertiary/aromatic N) is 2. The van der Waals surface area contributed by atoms with Crippen LogP contribution in [0.2, 0.25) is 0 Å². The summed E-state index contributed by atoms with van der Waals surface area (Å²) in [7, 11) is 0. The van der Waals surface area contributed by atoms with Crippen LogP contribution in [0.1, 0.15) is 44.8 Å². The van der Waals surface area contributed by atoms with E-state index in [1.165, 1.54) is 19.3 Å². The van der Waals surface area contributed by atoms with Gasteiger partial charge in [0.25, 0.3) is 0 Å². The summed E-state index contributed by atoms with van der Waals surface area (Å²) < 4.78 is 0. The summed E-state index contributed by atoms with van der Waals surface area (Å²) in [6.07, 6.45) is 5.10. The second-order valence-corrected chi connectivity index (χ2v) is 4.63. The Morgan fingerprint density at radius 2 is 2.31 bits per heavy atom. The molecule has 2 atom stereocenters. The summed E-state index contributed by atoms with van der Waals surface area (Å²) in [4.78, 5) is 6.76. The molecule has 1 N–H and O–H groups in total. The minimum Gasteiger partial charge on any atom is -0.389 e. The van der Waals surface area contributed by atoms with Crippen LogP contribution in [0.3, 0.4) is 0 Å². The molecule has 1 aromatic rings. The lowest BCUT2D eigenvalue weighted by Crippen LogP contribution is -2.38. The molecule has 1 aliphatic heterocycles. The monoisotopic (exact) mass is 220 g/mol. The molecule has 0 spiro atoms. The fraction of sp³-hybridized carbons (Fsp3) is 0.615. The Morgan fingerprint density at radius 1 is 1.50 bits per heavy atom. The number of hydrogen-bond acceptors (Lipinski definition) is 3. The standard InChI is InChI=1S/C13H20N2O/c1-10-6-3-4-9-15(10)13-12(11(2)16)7-5-8-14-13/h5,7-8,10-11,16H,3-4,6,9H2,1-2H3/t10?,11-/m1/s1. The molecule has 16 heavy (non-hydrogen) atoms. The first kappa shape index (κ1) is 11.4. The van der Waals surface area contributed by atoms with Gasteiger partial charge >= 0.3 is 0 Å². The Bertz CT molecular complexity index is 352. The lowest BCUT2D eigenvalue weighted by molar-refractivity contribution is 0.199. The van der Waals surface area contributed by atoms with Crippen LogP contribution in [0, 0.1) is 0 Å². The summed E-state index contributed by atoms with van der Waals surface area (Å²) in [5.74, 6) is 0.963. The highest BCUT2D eigenvalue weighted by molar-refractivity contribution is 5.48. The fourth-order valence-electron chi connectivity index (χ4n) is 2.39. The quantitative estimate of drug-likeness (QED) is 0.832. The van der Waals surface area contributed by atoms with E-state index in [9.17, 15) is 5.11 Å². The first-order valence-electron chi connectivity index (χ1n) is 6.10. The van der Waals surface area contributed by atoms with E-state index >= 15 is 0 Å². The second-order valence-electron chi connectivity index (χ2n) is 4.63. The smallest absolute Gasteiger partial charge is 0.134 e. The number of rotatable bonds is 2. The highest BCUT2D eigenvalue weighted by Gasteiger charge is 2.22. The van der Waals surface area contributed by atoms with Crippen molar-refractivity contribution in [3.63, 3.8) is 0 Å². The van der Waals surface area contributed by atoms with Crippen LogP contribution in [0.25, 0.3) is 0 Å². The molecule has 0 saturated carbocycles. The van der Waals surface area contributed by atoms with Crippen LogP contribution in [0.15, 0.2) is 18.3 Å². The van der Waals surface area contributed by atoms with Crippen molar-refractivity contribution < 1.29 is 5.11 Å². The minimum absolute atomic E-state index is 0.446. The van der Waals surface area contributed by atoms with Gasteiger partial charge in [-0.1, -0.05) is 6.07 Å². The Balaban J connectivity index is 2.31. The molecule has 3 nitrogen and oxygen atoms in total. The number of aliphatic hydroxyl groups is 1. The summed E-state index contributed by atoms with van der Waals surface area (Å²) in [6.45, 7) is 5.09. The predicted octanol–water partition coefficient (Wildman–Crippen LogP) is 2.51. The van der Waals surface area contributed by atoms with Gasteiger partial charge in [-0.2, -0.15) is 0 Å². The highest BCUT2D eigenvalue weighted by atomic mass is 16.3. The average Bonchev–Trinajstić information content (AvgIpc) is 2.29. The van der Waals surface area contributed by atoms with Gasteiger partial charge in [-0.3, -0.25) is 0 Å². The average molecular weight is 220 g/mol. The maximum Gasteiger partial charge on any atom is 0.134 e. The Kier molecular flexibility index (Phi) is 3.44. The Hall–Kier alpha value is -1.09. The van der Waals surface area contributed by atoms with Crippen molar-refractivity contribution in [3.05, 3.63) is 23.9 Å². The van der Waals surface area contributed by atoms with Crippen molar-refractivity contribution in [1.29, 1.82) is 0 Å². The van der Waals surface area contributed by atoms with E-state index in [0.717, 1.165) is 17.9 Å². The van der Waals surface area contributed by atoms with E-state index in [1.54, 1.807) is 6.92 Å². The predicted molar refractivity (Wildman–Crippen MR) is 65.5 cm³/mol. The molecule has 1 unspecified atom stereocenters. The van der Waals surface area contributed by atoms with Gasteiger partial charge in [-0.15, -0.1) is 0 Å². The van der Waals surface area contributed by atoms with Gasteiger partial charge in [-0.05, 0) is 39.2 Å². The first-order valence-corrected chi connectivity index (χ1v) is 6.10. The number of piperidine rings is 1. The number of aromatic nitrogens is 1. The lowest BCUT2D eigenvalue weighted by Gasteiger charge is -2.35. The number of aliphatic hydroxyl groups excluding tert-OH is 1. The molecule has 2 heterocycles. The van der Waals surface area contributed by atoms with E-state index in [0.29, 0.717) is 6.04 Å². The molecular formula is C13H20N2O. The summed E-state index contributed by atoms with van der Waals surface area (Å²) >= 11 is 0. The Labute approximate surface area is 97.1 Å². The highest BCUT2D eigenvalue weighted by Crippen LogP contribution is 2.28. The molecule has 1 aromatic heterocycles. The lowest BCUT2D eigenvalue weighted by atomic mass is 10.0. The van der Waals surface area contributed by atoms with Crippen molar-refractivity contribution in [2.75, 3.05) is 11.4 Å². The maximum atomic E-state index is 9.75. The van der Waals surface area contributed by atoms with Crippen molar-refractivity contribution >= 4 is 5.82 Å². The molecule has 0 amide bonds. The second kappa shape index (κ2) is 4.83. The number of hydrogen-bond donors (Lipinski definition) is 1. The van der Waals surface area contributed by atoms with Crippen molar-refractivity contribution in [2.45, 2.75) is 45.3 Å². The molecule has 0 bridgehead atoms. The van der Waals surface area contributed by atoms with Gasteiger partial charge in [0.2, 0.25) is 0 Å². The summed E-state index contributed by atoms with van der Waals surface area (Å²) in [6, 6.07) is 4.38. The first-order chi connectivity index (χ1) is 7.70. The zero-order valence-corrected chi connectivity index (χ0v) is 10.1. The van der Waals surface area contributed by atoms with Crippen LogP contribution >= 0.6 is 0 Å². The normalized spacial score (nSPS) is 23.2. The van der Waals surface area contributed by atoms with Crippen LogP contribution in [-0.2, 0) is 0 Å². The summed E-state index contributed by atoms with van der Waals surface area (Å²) in [5.41, 5.74) is 0.941. The third-order valence-corrected chi connectivity index (χ3v) is 3.34. The van der Waals surface area contributed by atoms with Crippen LogP contribution < -0.4 is 4.90 Å². The topological polar surface area (TPSA) is 36.4 Å². The maximum absolute atomic E-state index is 9.75. The van der Waals surface area contributed by atoms with Gasteiger partial charge in [-0.25, -0.2) is 4.98 Å². The van der Waals surface area contributed by atoms with Gasteiger partial charge < -0.3 is 10.0 Å². The van der Waals surface area contributed by atoms with Crippen LogP contribution in [-0.4, -0.2) is 22.7 Å². The van der Waals surface area contributed by atoms with Crippen LogP contribution in [0.5, 0.6) is 0 Å². The van der Waals surface area contributed by atoms with Crippen LogP contribution in [0.4, 0.5) is 5.82 Å². The molecule has 88 valence electrons. The van der Waals surface area contributed by atoms with Gasteiger partial charge in [0.15, 0.2) is 0 Å². The SMILES string of the molecule is CC1CCCCN1c1ncccc1[C@@H](C)O. The van der Waals surface area contributed by atoms with E-state index in [4.69, 9.17) is 0 Å². The molecule has 1 saturated heterocycles. The largest absolute Gasteiger partial charge is 0.389 e. The van der Waals surface area contributed by atoms with Crippen molar-refractivity contribution in [3.8, 4) is 0 Å². The van der Waals surface area contributed by atoms with Crippen molar-refractivity contribution in [1.82, 2.24) is 4.98 Å². The molecule has 1 aliphatic rings. The number of pyridine rings is 1. The van der Waals surface area contributed by atoms with E-state index in [1.807, 2.05) is 18.3 Å². The molecule has 3 heteroatoms. The molecule has 2 rings (SSSR count). The molecular weight excluding hydrogens is 200 g/mol. The summed E-state index contributed by atoms with van der Waals surface area (Å²) in [5, 5.41) is 9.75. The van der Waals surface area contributed by atoms with E-state index in [-0.39, 0.29) is 0 Å². The van der Waals surface area contributed by atoms with E-state index in [2.05, 4.69) is 16.8 Å². The molecule has 1 fully saturated rings. The Morgan fingerprint density at radius 3 is 3.00 bits per heavy atom. The van der Waals surface area contributed by atoms with E-state index < -0.39 is 6.10 Å². The van der Waals surface area contributed by atoms with Crippen molar-refractivity contribution in [2.24, 2.45) is 0 Å². The minimum atomic E-state index is -0.446. The zero-order chi connectivity index (χ0) is 11.5. The number of anilines is 1. The van der Waals surface area contributed by atoms with Gasteiger partial charge in [0, 0.05) is 24.3 Å². The van der Waals surface area contributed by atoms with Gasteiger partial charge in [0.05, 0.1) is 6.10 Å².